The highest BCUT2D eigenvalue weighted by Crippen LogP contribution is 2.32. The molecule has 34 heavy (non-hydrogen) atoms. The van der Waals surface area contributed by atoms with Gasteiger partial charge in [-0.25, -0.2) is 4.39 Å². The average molecular weight is 495 g/mol. The summed E-state index contributed by atoms with van der Waals surface area (Å²) >= 11 is 2.87. The number of ether oxygens (including phenoxy) is 1. The molecule has 0 unspecified atom stereocenters. The lowest BCUT2D eigenvalue weighted by atomic mass is 10.1. The molecule has 0 spiro atoms. The van der Waals surface area contributed by atoms with Crippen LogP contribution in [0.2, 0.25) is 0 Å². The van der Waals surface area contributed by atoms with Crippen molar-refractivity contribution in [2.45, 2.75) is 19.0 Å². The van der Waals surface area contributed by atoms with Gasteiger partial charge in [-0.2, -0.15) is 0 Å². The Morgan fingerprint density at radius 2 is 1.68 bits per heavy atom. The molecular formula is C26H23FN2O3S2. The van der Waals surface area contributed by atoms with E-state index in [-0.39, 0.29) is 18.2 Å². The summed E-state index contributed by atoms with van der Waals surface area (Å²) in [6, 6.07) is 19.6. The van der Waals surface area contributed by atoms with Gasteiger partial charge < -0.3 is 10.1 Å². The van der Waals surface area contributed by atoms with Crippen LogP contribution < -0.4 is 15.0 Å². The number of thiophene rings is 2. The van der Waals surface area contributed by atoms with Gasteiger partial charge in [0.15, 0.2) is 0 Å². The number of rotatable bonds is 9. The first kappa shape index (κ1) is 23.7. The summed E-state index contributed by atoms with van der Waals surface area (Å²) in [5, 5.41) is 6.73. The molecule has 4 rings (SSSR count). The fourth-order valence-corrected chi connectivity index (χ4v) is 5.04. The summed E-state index contributed by atoms with van der Waals surface area (Å²) in [7, 11) is 1.60. The predicted octanol–water partition coefficient (Wildman–Crippen LogP) is 5.59. The number of amides is 2. The zero-order valence-electron chi connectivity index (χ0n) is 18.4. The van der Waals surface area contributed by atoms with Crippen LogP contribution in [0.1, 0.15) is 21.4 Å². The second-order valence-electron chi connectivity index (χ2n) is 7.48. The van der Waals surface area contributed by atoms with Crippen LogP contribution in [0.3, 0.4) is 0 Å². The van der Waals surface area contributed by atoms with E-state index >= 15 is 0 Å². The normalized spacial score (nSPS) is 11.6. The molecular weight excluding hydrogens is 471 g/mol. The van der Waals surface area contributed by atoms with Gasteiger partial charge >= 0.3 is 0 Å². The Morgan fingerprint density at radius 3 is 2.29 bits per heavy atom. The number of nitrogens with zero attached hydrogens (tertiary/aromatic N) is 1. The van der Waals surface area contributed by atoms with Gasteiger partial charge in [0, 0.05) is 22.0 Å². The SMILES string of the molecule is COc1ccc(CNC(=O)[C@@H](c2cccs2)N(C(=O)Cc2cccs2)c2ccc(F)cc2)cc1. The van der Waals surface area contributed by atoms with E-state index in [1.807, 2.05) is 59.3 Å². The average Bonchev–Trinajstić information content (AvgIpc) is 3.56. The number of hydrogen-bond acceptors (Lipinski definition) is 5. The molecule has 2 amide bonds. The van der Waals surface area contributed by atoms with E-state index < -0.39 is 11.9 Å². The summed E-state index contributed by atoms with van der Waals surface area (Å²) in [5.41, 5.74) is 1.36. The molecule has 0 saturated heterocycles. The Morgan fingerprint density at radius 1 is 0.971 bits per heavy atom. The van der Waals surface area contributed by atoms with Crippen LogP contribution in [0.25, 0.3) is 0 Å². The minimum atomic E-state index is -0.892. The lowest BCUT2D eigenvalue weighted by molar-refractivity contribution is -0.126. The van der Waals surface area contributed by atoms with E-state index in [1.54, 1.807) is 7.11 Å². The molecule has 4 aromatic rings. The molecule has 2 aromatic heterocycles. The summed E-state index contributed by atoms with van der Waals surface area (Å²) < 4.78 is 18.8. The molecule has 0 aliphatic rings. The van der Waals surface area contributed by atoms with Crippen molar-refractivity contribution in [3.63, 3.8) is 0 Å². The molecule has 2 heterocycles. The summed E-state index contributed by atoms with van der Waals surface area (Å²) in [6.45, 7) is 0.293. The minimum Gasteiger partial charge on any atom is -0.497 e. The fourth-order valence-electron chi connectivity index (χ4n) is 3.54. The number of methoxy groups -OCH3 is 1. The van der Waals surface area contributed by atoms with Crippen molar-refractivity contribution in [1.29, 1.82) is 0 Å². The Hall–Kier alpha value is -3.49. The molecule has 0 bridgehead atoms. The third-order valence-electron chi connectivity index (χ3n) is 5.22. The lowest BCUT2D eigenvalue weighted by Gasteiger charge is -2.30. The smallest absolute Gasteiger partial charge is 0.248 e. The van der Waals surface area contributed by atoms with Crippen molar-refractivity contribution in [3.8, 4) is 5.75 Å². The zero-order chi connectivity index (χ0) is 23.9. The van der Waals surface area contributed by atoms with Crippen molar-refractivity contribution in [2.75, 3.05) is 12.0 Å². The van der Waals surface area contributed by atoms with Gasteiger partial charge in [-0.05, 0) is 64.9 Å². The van der Waals surface area contributed by atoms with Crippen molar-refractivity contribution >= 4 is 40.2 Å². The van der Waals surface area contributed by atoms with Crippen LogP contribution in [0.15, 0.2) is 83.6 Å². The monoisotopic (exact) mass is 494 g/mol. The number of anilines is 1. The molecule has 8 heteroatoms. The predicted molar refractivity (Wildman–Crippen MR) is 134 cm³/mol. The van der Waals surface area contributed by atoms with E-state index in [0.717, 1.165) is 21.1 Å². The first-order valence-electron chi connectivity index (χ1n) is 10.6. The number of carbonyl (C=O) groups is 2. The molecule has 0 aliphatic carbocycles. The van der Waals surface area contributed by atoms with Crippen molar-refractivity contribution in [1.82, 2.24) is 5.32 Å². The van der Waals surface area contributed by atoms with Crippen molar-refractivity contribution < 1.29 is 18.7 Å². The van der Waals surface area contributed by atoms with Gasteiger partial charge in [0.2, 0.25) is 11.8 Å². The van der Waals surface area contributed by atoms with Gasteiger partial charge in [0.25, 0.3) is 0 Å². The molecule has 0 radical (unpaired) electrons. The summed E-state index contributed by atoms with van der Waals surface area (Å²) in [6.07, 6.45) is 0.142. The van der Waals surface area contributed by atoms with Crippen molar-refractivity contribution in [2.24, 2.45) is 0 Å². The van der Waals surface area contributed by atoms with Gasteiger partial charge in [0.05, 0.1) is 13.5 Å². The van der Waals surface area contributed by atoms with Gasteiger partial charge in [-0.3, -0.25) is 14.5 Å². The molecule has 2 aromatic carbocycles. The van der Waals surface area contributed by atoms with Gasteiger partial charge in [0.1, 0.15) is 17.6 Å². The second kappa shape index (κ2) is 11.1. The molecule has 1 N–H and O–H groups in total. The Balaban J connectivity index is 1.64. The van der Waals surface area contributed by atoms with Crippen molar-refractivity contribution in [3.05, 3.63) is 105 Å². The molecule has 0 fully saturated rings. The number of carbonyl (C=O) groups excluding carboxylic acids is 2. The lowest BCUT2D eigenvalue weighted by Crippen LogP contribution is -2.44. The van der Waals surface area contributed by atoms with Gasteiger partial charge in [-0.15, -0.1) is 22.7 Å². The maximum absolute atomic E-state index is 13.7. The van der Waals surface area contributed by atoms with Crippen LogP contribution in [-0.2, 0) is 22.6 Å². The van der Waals surface area contributed by atoms with Crippen LogP contribution in [0, 0.1) is 5.82 Å². The Kier molecular flexibility index (Phi) is 7.72. The van der Waals surface area contributed by atoms with E-state index in [2.05, 4.69) is 5.32 Å². The second-order valence-corrected chi connectivity index (χ2v) is 9.49. The first-order valence-corrected chi connectivity index (χ1v) is 12.3. The molecule has 174 valence electrons. The van der Waals surface area contributed by atoms with E-state index in [9.17, 15) is 14.0 Å². The molecule has 5 nitrogen and oxygen atoms in total. The standard InChI is InChI=1S/C26H23FN2O3S2/c1-32-21-12-6-18(7-13-21)17-28-26(31)25(23-5-3-15-34-23)29(20-10-8-19(27)9-11-20)24(30)16-22-4-2-14-33-22/h2-15,25H,16-17H2,1H3,(H,28,31)/t25-/m1/s1. The number of nitrogens with one attached hydrogen (secondary N) is 1. The molecule has 1 atom stereocenters. The summed E-state index contributed by atoms with van der Waals surface area (Å²) in [5.74, 6) is -0.242. The Bertz CT molecular complexity index is 1210. The first-order chi connectivity index (χ1) is 16.5. The molecule has 0 saturated carbocycles. The highest BCUT2D eigenvalue weighted by molar-refractivity contribution is 7.10. The van der Waals surface area contributed by atoms with Crippen LogP contribution >= 0.6 is 22.7 Å². The number of benzene rings is 2. The highest BCUT2D eigenvalue weighted by Gasteiger charge is 2.33. The Labute approximate surface area is 205 Å². The van der Waals surface area contributed by atoms with E-state index in [0.29, 0.717) is 12.2 Å². The number of halogens is 1. The minimum absolute atomic E-state index is 0.142. The maximum atomic E-state index is 13.7. The topological polar surface area (TPSA) is 58.6 Å². The van der Waals surface area contributed by atoms with Crippen LogP contribution in [0.5, 0.6) is 5.75 Å². The van der Waals surface area contributed by atoms with Crippen LogP contribution in [-0.4, -0.2) is 18.9 Å². The summed E-state index contributed by atoms with van der Waals surface area (Å²) in [4.78, 5) is 30.1. The highest BCUT2D eigenvalue weighted by atomic mass is 32.1. The van der Waals surface area contributed by atoms with E-state index in [4.69, 9.17) is 4.74 Å². The zero-order valence-corrected chi connectivity index (χ0v) is 20.1. The number of hydrogen-bond donors (Lipinski definition) is 1. The largest absolute Gasteiger partial charge is 0.497 e. The quantitative estimate of drug-likeness (QED) is 0.330. The van der Waals surface area contributed by atoms with Crippen LogP contribution in [0.4, 0.5) is 10.1 Å². The molecule has 0 aliphatic heterocycles. The van der Waals surface area contributed by atoms with E-state index in [1.165, 1.54) is 51.8 Å². The maximum Gasteiger partial charge on any atom is 0.248 e. The third-order valence-corrected chi connectivity index (χ3v) is 7.03. The fraction of sp³-hybridized carbons (Fsp3) is 0.154. The third kappa shape index (κ3) is 5.70. The van der Waals surface area contributed by atoms with Gasteiger partial charge in [-0.1, -0.05) is 24.3 Å².